The van der Waals surface area contributed by atoms with E-state index < -0.39 is 0 Å². The second-order valence-corrected chi connectivity index (χ2v) is 13.0. The number of para-hydroxylation sites is 1. The highest BCUT2D eigenvalue weighted by Crippen LogP contribution is 2.44. The first-order valence-electron chi connectivity index (χ1n) is 18.4. The zero-order valence-electron chi connectivity index (χ0n) is 31.0. The lowest BCUT2D eigenvalue weighted by Crippen LogP contribution is -2.13. The van der Waals surface area contributed by atoms with Gasteiger partial charge in [0, 0.05) is 34.7 Å². The fourth-order valence-corrected chi connectivity index (χ4v) is 7.08. The van der Waals surface area contributed by atoms with E-state index in [1.807, 2.05) is 13.8 Å². The van der Waals surface area contributed by atoms with Crippen LogP contribution in [0.1, 0.15) is 56.4 Å². The van der Waals surface area contributed by atoms with Gasteiger partial charge in [0.2, 0.25) is 0 Å². The van der Waals surface area contributed by atoms with Gasteiger partial charge in [-0.1, -0.05) is 140 Å². The van der Waals surface area contributed by atoms with Gasteiger partial charge in [-0.05, 0) is 121 Å². The lowest BCUT2D eigenvalue weighted by Gasteiger charge is -2.23. The summed E-state index contributed by atoms with van der Waals surface area (Å²) in [7, 11) is 0. The molecule has 256 valence electrons. The number of fused-ring (bicyclic) bond motifs is 1. The largest absolute Gasteiger partial charge is 0.356 e. The molecule has 1 heterocycles. The van der Waals surface area contributed by atoms with Gasteiger partial charge in [-0.25, -0.2) is 0 Å². The van der Waals surface area contributed by atoms with Gasteiger partial charge in [-0.15, -0.1) is 0 Å². The zero-order chi connectivity index (χ0) is 35.7. The molecule has 0 radical (unpaired) electrons. The molecule has 8 rings (SSSR count). The van der Waals surface area contributed by atoms with E-state index in [4.69, 9.17) is 0 Å². The Morgan fingerprint density at radius 2 is 1.22 bits per heavy atom. The molecule has 0 bridgehead atoms. The van der Waals surface area contributed by atoms with Gasteiger partial charge in [0.15, 0.2) is 0 Å². The summed E-state index contributed by atoms with van der Waals surface area (Å²) in [4.78, 5) is 2.50. The highest BCUT2D eigenvalue weighted by atomic mass is 15.2. The number of rotatable bonds is 7. The molecular formula is C49H50N2. The lowest BCUT2D eigenvalue weighted by molar-refractivity contribution is 1.00. The number of hydrogen-bond acceptors (Lipinski definition) is 2. The Morgan fingerprint density at radius 1 is 0.627 bits per heavy atom. The van der Waals surface area contributed by atoms with Gasteiger partial charge in [-0.2, -0.15) is 0 Å². The maximum atomic E-state index is 3.36. The molecular weight excluding hydrogens is 617 g/mol. The molecule has 0 saturated heterocycles. The number of aryl methyl sites for hydroxylation is 2. The van der Waals surface area contributed by atoms with E-state index in [9.17, 15) is 0 Å². The van der Waals surface area contributed by atoms with Gasteiger partial charge in [0.1, 0.15) is 0 Å². The van der Waals surface area contributed by atoms with Crippen molar-refractivity contribution in [2.45, 2.75) is 54.4 Å². The van der Waals surface area contributed by atoms with E-state index in [0.29, 0.717) is 0 Å². The molecule has 0 fully saturated rings. The van der Waals surface area contributed by atoms with E-state index in [2.05, 4.69) is 190 Å². The van der Waals surface area contributed by atoms with Gasteiger partial charge >= 0.3 is 0 Å². The van der Waals surface area contributed by atoms with E-state index in [0.717, 1.165) is 30.8 Å². The molecule has 1 aliphatic rings. The first-order valence-corrected chi connectivity index (χ1v) is 18.4. The Balaban J connectivity index is 0.000000221. The Morgan fingerprint density at radius 3 is 1.86 bits per heavy atom. The van der Waals surface area contributed by atoms with Gasteiger partial charge in [0.25, 0.3) is 0 Å². The van der Waals surface area contributed by atoms with Crippen molar-refractivity contribution in [3.05, 3.63) is 174 Å². The van der Waals surface area contributed by atoms with Crippen molar-refractivity contribution in [1.82, 2.24) is 0 Å². The number of hydrogen-bond donors (Lipinski definition) is 1. The predicted octanol–water partition coefficient (Wildman–Crippen LogP) is 14.3. The molecule has 1 aliphatic heterocycles. The molecule has 0 amide bonds. The quantitative estimate of drug-likeness (QED) is 0.103. The second-order valence-electron chi connectivity index (χ2n) is 13.0. The number of nitrogens with zero attached hydrogens (tertiary/aromatic N) is 1. The van der Waals surface area contributed by atoms with E-state index in [-0.39, 0.29) is 0 Å². The fourth-order valence-electron chi connectivity index (χ4n) is 7.08. The van der Waals surface area contributed by atoms with Crippen molar-refractivity contribution in [2.24, 2.45) is 0 Å². The molecule has 0 atom stereocenters. The van der Waals surface area contributed by atoms with Crippen LogP contribution in [-0.4, -0.2) is 6.54 Å². The molecule has 0 spiro atoms. The van der Waals surface area contributed by atoms with Crippen LogP contribution in [0.15, 0.2) is 152 Å². The van der Waals surface area contributed by atoms with Crippen LogP contribution in [0, 0.1) is 13.8 Å². The third kappa shape index (κ3) is 7.61. The maximum absolute atomic E-state index is 3.36. The highest BCUT2D eigenvalue weighted by molar-refractivity contribution is 6.27. The van der Waals surface area contributed by atoms with Crippen LogP contribution in [0.4, 0.5) is 22.7 Å². The fraction of sp³-hybridized carbons (Fsp3) is 0.184. The average Bonchev–Trinajstić information content (AvgIpc) is 3.60. The minimum atomic E-state index is 0.941. The predicted molar refractivity (Wildman–Crippen MR) is 227 cm³/mol. The van der Waals surface area contributed by atoms with Crippen molar-refractivity contribution in [1.29, 1.82) is 0 Å². The molecule has 0 saturated carbocycles. The maximum Gasteiger partial charge on any atom is 0.0491 e. The van der Waals surface area contributed by atoms with Crippen molar-refractivity contribution >= 4 is 60.6 Å². The van der Waals surface area contributed by atoms with E-state index >= 15 is 0 Å². The molecule has 51 heavy (non-hydrogen) atoms. The molecule has 0 unspecified atom stereocenters. The molecule has 1 N–H and O–H groups in total. The van der Waals surface area contributed by atoms with Crippen LogP contribution in [0.5, 0.6) is 0 Å². The summed E-state index contributed by atoms with van der Waals surface area (Å²) in [6.07, 6.45) is 13.1. The second kappa shape index (κ2) is 16.4. The average molecular weight is 667 g/mol. The van der Waals surface area contributed by atoms with Crippen molar-refractivity contribution in [3.63, 3.8) is 0 Å². The molecule has 2 heteroatoms. The smallest absolute Gasteiger partial charge is 0.0491 e. The topological polar surface area (TPSA) is 15.3 Å². The first-order chi connectivity index (χ1) is 25.0. The Kier molecular flexibility index (Phi) is 11.3. The normalized spacial score (nSPS) is 12.7. The summed E-state index contributed by atoms with van der Waals surface area (Å²) in [5.41, 5.74) is 11.5. The monoisotopic (exact) mass is 666 g/mol. The minimum absolute atomic E-state index is 0.941. The lowest BCUT2D eigenvalue weighted by atomic mass is 9.88. The third-order valence-electron chi connectivity index (χ3n) is 9.58. The van der Waals surface area contributed by atoms with Crippen molar-refractivity contribution in [2.75, 3.05) is 16.8 Å². The Labute approximate surface area is 304 Å². The van der Waals surface area contributed by atoms with Crippen LogP contribution in [0.2, 0.25) is 0 Å². The summed E-state index contributed by atoms with van der Waals surface area (Å²) in [5, 5.41) is 11.4. The van der Waals surface area contributed by atoms with E-state index in [1.54, 1.807) is 0 Å². The van der Waals surface area contributed by atoms with Crippen LogP contribution >= 0.6 is 0 Å². The van der Waals surface area contributed by atoms with Crippen LogP contribution in [0.25, 0.3) is 37.9 Å². The van der Waals surface area contributed by atoms with Gasteiger partial charge < -0.3 is 10.2 Å². The van der Waals surface area contributed by atoms with E-state index in [1.165, 1.54) is 71.5 Å². The molecule has 7 aromatic carbocycles. The van der Waals surface area contributed by atoms with Crippen molar-refractivity contribution < 1.29 is 0 Å². The Bertz CT molecular complexity index is 2260. The number of benzene rings is 7. The standard InChI is InChI=1S/C33H29N.C14H15N.C2H6/c1-3-5-6-10-23(9-4-2)27-17-13-25-15-19-29-31(34-22-21-24-11-7-8-12-30(24)34)20-16-26-14-18-28(27)32(25)33(26)29;1-11-3-7-13(8-4-11)15-14-9-5-12(2)6-10-14;1-2/h3-5,7-20H,6,21-22H2,1-2H3;3-10,15H,1-2H3;1-2H3/b5-3?,9-4-,23-10+;;. The van der Waals surface area contributed by atoms with Crippen LogP contribution < -0.4 is 10.2 Å². The summed E-state index contributed by atoms with van der Waals surface area (Å²) in [5.74, 6) is 0. The zero-order valence-corrected chi connectivity index (χ0v) is 31.0. The highest BCUT2D eigenvalue weighted by Gasteiger charge is 2.23. The SMILES string of the molecule is CC.CC=CC/C=C(\C=C/C)c1ccc2ccc3c(N4CCc5ccccc54)ccc4ccc1c2c43.Cc1ccc(Nc2ccc(C)cc2)cc1. The Hall–Kier alpha value is -5.60. The first kappa shape index (κ1) is 35.2. The molecule has 0 aromatic heterocycles. The summed E-state index contributed by atoms with van der Waals surface area (Å²) in [6, 6.07) is 44.1. The molecule has 7 aromatic rings. The summed E-state index contributed by atoms with van der Waals surface area (Å²) < 4.78 is 0. The molecule has 0 aliphatic carbocycles. The van der Waals surface area contributed by atoms with Crippen LogP contribution in [-0.2, 0) is 6.42 Å². The minimum Gasteiger partial charge on any atom is -0.356 e. The third-order valence-corrected chi connectivity index (χ3v) is 9.58. The summed E-state index contributed by atoms with van der Waals surface area (Å²) in [6.45, 7) is 13.4. The summed E-state index contributed by atoms with van der Waals surface area (Å²) >= 11 is 0. The van der Waals surface area contributed by atoms with Gasteiger partial charge in [0.05, 0.1) is 0 Å². The molecule has 2 nitrogen and oxygen atoms in total. The number of anilines is 4. The van der Waals surface area contributed by atoms with Crippen LogP contribution in [0.3, 0.4) is 0 Å². The number of allylic oxidation sites excluding steroid dienone is 6. The number of nitrogens with one attached hydrogen (secondary N) is 1. The van der Waals surface area contributed by atoms with Gasteiger partial charge in [-0.3, -0.25) is 0 Å². The van der Waals surface area contributed by atoms with Crippen molar-refractivity contribution in [3.8, 4) is 0 Å².